The minimum absolute atomic E-state index is 0.239. The van der Waals surface area contributed by atoms with Gasteiger partial charge in [-0.1, -0.05) is 28.9 Å². The highest BCUT2D eigenvalue weighted by Crippen LogP contribution is 2.33. The van der Waals surface area contributed by atoms with Crippen molar-refractivity contribution in [1.82, 2.24) is 5.32 Å². The van der Waals surface area contributed by atoms with Crippen LogP contribution in [0.3, 0.4) is 0 Å². The van der Waals surface area contributed by atoms with Gasteiger partial charge in [-0.15, -0.1) is 0 Å². The molecule has 17 heavy (non-hydrogen) atoms. The molecular weight excluding hydrogens is 282 g/mol. The van der Waals surface area contributed by atoms with E-state index in [1.807, 2.05) is 13.0 Å². The largest absolute Gasteiger partial charge is 0.480 e. The molecule has 4 heteroatoms. The van der Waals surface area contributed by atoms with Crippen LogP contribution >= 0.6 is 15.9 Å². The molecule has 2 N–H and O–H groups in total. The van der Waals surface area contributed by atoms with Gasteiger partial charge in [-0.3, -0.25) is 10.1 Å². The highest BCUT2D eigenvalue weighted by atomic mass is 79.9. The number of hydrogen-bond acceptors (Lipinski definition) is 2. The molecule has 0 aliphatic carbocycles. The average molecular weight is 298 g/mol. The Labute approximate surface area is 109 Å². The monoisotopic (exact) mass is 297 g/mol. The lowest BCUT2D eigenvalue weighted by Gasteiger charge is -2.31. The number of nitrogens with one attached hydrogen (secondary N) is 1. The summed E-state index contributed by atoms with van der Waals surface area (Å²) in [5, 5.41) is 12.5. The van der Waals surface area contributed by atoms with E-state index in [4.69, 9.17) is 0 Å². The van der Waals surface area contributed by atoms with E-state index < -0.39 is 12.0 Å². The molecule has 0 aromatic heterocycles. The minimum atomic E-state index is -0.804. The molecule has 0 fully saturated rings. The molecule has 3 nitrogen and oxygen atoms in total. The van der Waals surface area contributed by atoms with Gasteiger partial charge in [0.1, 0.15) is 6.04 Å². The molecule has 1 aromatic carbocycles. The molecule has 1 heterocycles. The Morgan fingerprint density at radius 3 is 2.88 bits per heavy atom. The maximum Gasteiger partial charge on any atom is 0.325 e. The van der Waals surface area contributed by atoms with E-state index in [1.165, 1.54) is 0 Å². The van der Waals surface area contributed by atoms with Crippen LogP contribution in [0, 0.1) is 6.92 Å². The van der Waals surface area contributed by atoms with Gasteiger partial charge in [0.15, 0.2) is 0 Å². The van der Waals surface area contributed by atoms with Crippen LogP contribution in [0.25, 0.3) is 0 Å². The van der Waals surface area contributed by atoms with E-state index in [0.717, 1.165) is 34.0 Å². The van der Waals surface area contributed by atoms with E-state index in [0.29, 0.717) is 0 Å². The molecule has 2 rings (SSSR count). The summed E-state index contributed by atoms with van der Waals surface area (Å²) in [6.07, 6.45) is 1.82. The lowest BCUT2D eigenvalue weighted by molar-refractivity contribution is -0.140. The van der Waals surface area contributed by atoms with E-state index in [9.17, 15) is 9.90 Å². The zero-order chi connectivity index (χ0) is 12.6. The summed E-state index contributed by atoms with van der Waals surface area (Å²) >= 11 is 3.55. The van der Waals surface area contributed by atoms with Crippen LogP contribution in [-0.4, -0.2) is 17.1 Å². The van der Waals surface area contributed by atoms with Crippen molar-refractivity contribution in [2.24, 2.45) is 0 Å². The first kappa shape index (κ1) is 12.6. The summed E-state index contributed by atoms with van der Waals surface area (Å²) in [5.41, 5.74) is 3.11. The van der Waals surface area contributed by atoms with Crippen LogP contribution in [0.4, 0.5) is 0 Å². The number of aryl methyl sites for hydroxylation is 1. The third-order valence-electron chi connectivity index (χ3n) is 3.28. The molecule has 0 bridgehead atoms. The summed E-state index contributed by atoms with van der Waals surface area (Å²) < 4.78 is 1.03. The maximum atomic E-state index is 11.3. The Kier molecular flexibility index (Phi) is 3.54. The molecule has 1 aliphatic rings. The van der Waals surface area contributed by atoms with Crippen LogP contribution < -0.4 is 5.32 Å². The SMILES string of the molecule is CCC1Cc2c(Br)cc(C)cc2C(C(=O)O)N1. The van der Waals surface area contributed by atoms with E-state index in [2.05, 4.69) is 34.2 Å². The van der Waals surface area contributed by atoms with E-state index >= 15 is 0 Å². The Hall–Kier alpha value is -0.870. The van der Waals surface area contributed by atoms with Crippen LogP contribution in [0.1, 0.15) is 36.1 Å². The number of carbonyl (C=O) groups is 1. The first-order valence-electron chi connectivity index (χ1n) is 5.80. The number of fused-ring (bicyclic) bond motifs is 1. The molecule has 92 valence electrons. The normalized spacial score (nSPS) is 23.2. The van der Waals surface area contributed by atoms with Gasteiger partial charge in [-0.2, -0.15) is 0 Å². The number of rotatable bonds is 2. The van der Waals surface area contributed by atoms with Gasteiger partial charge in [0.05, 0.1) is 0 Å². The molecule has 0 spiro atoms. The highest BCUT2D eigenvalue weighted by Gasteiger charge is 2.31. The van der Waals surface area contributed by atoms with Gasteiger partial charge < -0.3 is 5.11 Å². The minimum Gasteiger partial charge on any atom is -0.480 e. The van der Waals surface area contributed by atoms with Gasteiger partial charge in [0, 0.05) is 10.5 Å². The average Bonchev–Trinajstić information content (AvgIpc) is 2.27. The number of hydrogen-bond donors (Lipinski definition) is 2. The number of carboxylic acids is 1. The Balaban J connectivity index is 2.52. The summed E-state index contributed by atoms with van der Waals surface area (Å²) in [7, 11) is 0. The molecule has 0 amide bonds. The lowest BCUT2D eigenvalue weighted by Crippen LogP contribution is -2.42. The predicted octanol–water partition coefficient (Wildman–Crippen LogP) is 2.81. The first-order valence-corrected chi connectivity index (χ1v) is 6.60. The maximum absolute atomic E-state index is 11.3. The second kappa shape index (κ2) is 4.78. The summed E-state index contributed by atoms with van der Waals surface area (Å²) in [6, 6.07) is 3.68. The van der Waals surface area contributed by atoms with Crippen LogP contribution in [-0.2, 0) is 11.2 Å². The van der Waals surface area contributed by atoms with Gasteiger partial charge in [-0.25, -0.2) is 0 Å². The molecule has 1 aliphatic heterocycles. The Bertz CT molecular complexity index is 459. The fourth-order valence-corrected chi connectivity index (χ4v) is 3.12. The third kappa shape index (κ3) is 2.38. The van der Waals surface area contributed by atoms with E-state index in [1.54, 1.807) is 0 Å². The molecule has 0 radical (unpaired) electrons. The topological polar surface area (TPSA) is 49.3 Å². The highest BCUT2D eigenvalue weighted by molar-refractivity contribution is 9.10. The summed E-state index contributed by atoms with van der Waals surface area (Å²) in [4.78, 5) is 11.3. The molecule has 0 saturated carbocycles. The number of carboxylic acid groups (broad SMARTS) is 1. The van der Waals surface area contributed by atoms with Crippen molar-refractivity contribution in [3.8, 4) is 0 Å². The Morgan fingerprint density at radius 1 is 1.59 bits per heavy atom. The smallest absolute Gasteiger partial charge is 0.325 e. The molecular formula is C13H16BrNO2. The van der Waals surface area contributed by atoms with Gasteiger partial charge >= 0.3 is 5.97 Å². The van der Waals surface area contributed by atoms with Crippen molar-refractivity contribution in [1.29, 1.82) is 0 Å². The first-order chi connectivity index (χ1) is 8.02. The van der Waals surface area contributed by atoms with Crippen molar-refractivity contribution in [3.05, 3.63) is 33.3 Å². The molecule has 2 atom stereocenters. The fourth-order valence-electron chi connectivity index (χ4n) is 2.37. The third-order valence-corrected chi connectivity index (χ3v) is 3.99. The second-order valence-electron chi connectivity index (χ2n) is 4.56. The van der Waals surface area contributed by atoms with Gasteiger partial charge in [0.25, 0.3) is 0 Å². The van der Waals surface area contributed by atoms with Crippen LogP contribution in [0.15, 0.2) is 16.6 Å². The van der Waals surface area contributed by atoms with Gasteiger partial charge in [-0.05, 0) is 42.5 Å². The van der Waals surface area contributed by atoms with Crippen molar-refractivity contribution in [3.63, 3.8) is 0 Å². The zero-order valence-electron chi connectivity index (χ0n) is 9.96. The lowest BCUT2D eigenvalue weighted by atomic mass is 9.88. The summed E-state index contributed by atoms with van der Waals surface area (Å²) in [5.74, 6) is -0.804. The van der Waals surface area contributed by atoms with Crippen molar-refractivity contribution in [2.45, 2.75) is 38.8 Å². The molecule has 1 aromatic rings. The predicted molar refractivity (Wildman–Crippen MR) is 70.2 cm³/mol. The van der Waals surface area contributed by atoms with Crippen molar-refractivity contribution < 1.29 is 9.90 Å². The number of benzene rings is 1. The van der Waals surface area contributed by atoms with Gasteiger partial charge in [0.2, 0.25) is 0 Å². The zero-order valence-corrected chi connectivity index (χ0v) is 11.5. The molecule has 0 saturated heterocycles. The van der Waals surface area contributed by atoms with Crippen molar-refractivity contribution >= 4 is 21.9 Å². The summed E-state index contributed by atoms with van der Waals surface area (Å²) in [6.45, 7) is 4.06. The van der Waals surface area contributed by atoms with E-state index in [-0.39, 0.29) is 6.04 Å². The standard InChI is InChI=1S/C13H16BrNO2/c1-3-8-6-9-10(12(15-8)13(16)17)4-7(2)5-11(9)14/h4-5,8,12,15H,3,6H2,1-2H3,(H,16,17). The van der Waals surface area contributed by atoms with Crippen molar-refractivity contribution in [2.75, 3.05) is 0 Å². The van der Waals surface area contributed by atoms with Crippen LogP contribution in [0.2, 0.25) is 0 Å². The Morgan fingerprint density at radius 2 is 2.29 bits per heavy atom. The second-order valence-corrected chi connectivity index (χ2v) is 5.42. The molecule has 2 unspecified atom stereocenters. The fraction of sp³-hybridized carbons (Fsp3) is 0.462. The number of aliphatic carboxylic acids is 1. The number of halogens is 1. The quantitative estimate of drug-likeness (QED) is 0.882. The van der Waals surface area contributed by atoms with Crippen LogP contribution in [0.5, 0.6) is 0 Å².